The molecule has 0 bridgehead atoms. The average molecular weight is 476 g/mol. The van der Waals surface area contributed by atoms with Gasteiger partial charge in [0.15, 0.2) is 0 Å². The van der Waals surface area contributed by atoms with E-state index in [-0.39, 0.29) is 17.0 Å². The molecule has 0 spiro atoms. The lowest BCUT2D eigenvalue weighted by atomic mass is 10.1. The van der Waals surface area contributed by atoms with Crippen LogP contribution in [0.3, 0.4) is 0 Å². The molecular formula is C28H29BrP+. The molecule has 0 atom stereocenters. The van der Waals surface area contributed by atoms with Crippen LogP contribution in [-0.2, 0) is 6.42 Å². The van der Waals surface area contributed by atoms with Gasteiger partial charge in [0.1, 0.15) is 23.2 Å². The highest BCUT2D eigenvalue weighted by Gasteiger charge is 2.44. The van der Waals surface area contributed by atoms with Crippen molar-refractivity contribution >= 4 is 40.2 Å². The third-order valence-corrected chi connectivity index (χ3v) is 10.3. The Bertz CT molecular complexity index is 933. The first-order valence-corrected chi connectivity index (χ1v) is 12.4. The third-order valence-electron chi connectivity index (χ3n) is 5.79. The molecule has 0 aliphatic heterocycles. The maximum absolute atomic E-state index is 2.33. The van der Waals surface area contributed by atoms with Gasteiger partial charge in [0.05, 0.1) is 6.16 Å². The lowest BCUT2D eigenvalue weighted by molar-refractivity contribution is 0.919. The summed E-state index contributed by atoms with van der Waals surface area (Å²) in [5.41, 5.74) is 2.87. The van der Waals surface area contributed by atoms with E-state index in [4.69, 9.17) is 0 Å². The van der Waals surface area contributed by atoms with Gasteiger partial charge in [-0.15, -0.1) is 17.0 Å². The zero-order valence-electron chi connectivity index (χ0n) is 17.4. The number of hydrogen-bond acceptors (Lipinski definition) is 0. The van der Waals surface area contributed by atoms with Crippen molar-refractivity contribution in [1.29, 1.82) is 0 Å². The number of hydrogen-bond donors (Lipinski definition) is 0. The Hall–Kier alpha value is -2.21. The quantitative estimate of drug-likeness (QED) is 0.267. The first-order chi connectivity index (χ1) is 14.3. The predicted molar refractivity (Wildman–Crippen MR) is 140 cm³/mol. The van der Waals surface area contributed by atoms with Crippen LogP contribution in [0, 0.1) is 6.92 Å². The van der Waals surface area contributed by atoms with Crippen LogP contribution in [0.2, 0.25) is 0 Å². The minimum absolute atomic E-state index is 0. The van der Waals surface area contributed by atoms with Crippen molar-refractivity contribution in [3.05, 3.63) is 126 Å². The van der Waals surface area contributed by atoms with E-state index in [0.29, 0.717) is 0 Å². The molecule has 30 heavy (non-hydrogen) atoms. The Labute approximate surface area is 192 Å². The molecule has 0 aliphatic rings. The summed E-state index contributed by atoms with van der Waals surface area (Å²) < 4.78 is 0. The molecule has 0 saturated carbocycles. The van der Waals surface area contributed by atoms with E-state index in [1.165, 1.54) is 39.6 Å². The fraction of sp³-hybridized carbons (Fsp3) is 0.143. The van der Waals surface area contributed by atoms with E-state index < -0.39 is 7.26 Å². The number of aryl methyl sites for hydroxylation is 2. The minimum Gasteiger partial charge on any atom is -0.114 e. The van der Waals surface area contributed by atoms with Crippen molar-refractivity contribution in [2.45, 2.75) is 19.8 Å². The van der Waals surface area contributed by atoms with Gasteiger partial charge in [0, 0.05) is 0 Å². The molecule has 0 amide bonds. The van der Waals surface area contributed by atoms with E-state index in [1.807, 2.05) is 0 Å². The van der Waals surface area contributed by atoms with Gasteiger partial charge in [-0.2, -0.15) is 0 Å². The first kappa shape index (κ1) is 22.5. The second-order valence-corrected chi connectivity index (χ2v) is 11.2. The van der Waals surface area contributed by atoms with Crippen LogP contribution >= 0.6 is 24.2 Å². The summed E-state index contributed by atoms with van der Waals surface area (Å²) in [5.74, 6) is 0. The predicted octanol–water partition coefficient (Wildman–Crippen LogP) is 6.50. The van der Waals surface area contributed by atoms with Gasteiger partial charge in [-0.25, -0.2) is 0 Å². The van der Waals surface area contributed by atoms with Crippen molar-refractivity contribution in [2.75, 3.05) is 6.16 Å². The summed E-state index contributed by atoms with van der Waals surface area (Å²) in [6.45, 7) is 2.23. The number of halogens is 1. The second-order valence-electron chi connectivity index (χ2n) is 7.57. The van der Waals surface area contributed by atoms with E-state index in [2.05, 4.69) is 122 Å². The summed E-state index contributed by atoms with van der Waals surface area (Å²) in [6.07, 6.45) is 3.48. The van der Waals surface area contributed by atoms with Crippen molar-refractivity contribution < 1.29 is 0 Å². The lowest BCUT2D eigenvalue weighted by Gasteiger charge is -2.27. The molecule has 0 nitrogen and oxygen atoms in total. The molecule has 4 rings (SSSR count). The highest BCUT2D eigenvalue weighted by Crippen LogP contribution is 2.55. The van der Waals surface area contributed by atoms with E-state index in [1.54, 1.807) is 0 Å². The third kappa shape index (κ3) is 4.75. The van der Waals surface area contributed by atoms with Gasteiger partial charge in [-0.1, -0.05) is 78.9 Å². The van der Waals surface area contributed by atoms with Crippen LogP contribution in [0.1, 0.15) is 17.5 Å². The van der Waals surface area contributed by atoms with Gasteiger partial charge >= 0.3 is 0 Å². The maximum Gasteiger partial charge on any atom is 0.112 e. The maximum atomic E-state index is 2.33. The Balaban J connectivity index is 0.00000256. The molecule has 4 aromatic carbocycles. The zero-order chi connectivity index (χ0) is 19.9. The van der Waals surface area contributed by atoms with Gasteiger partial charge in [-0.3, -0.25) is 0 Å². The Morgan fingerprint density at radius 3 is 1.37 bits per heavy atom. The van der Waals surface area contributed by atoms with Crippen molar-refractivity contribution in [3.8, 4) is 0 Å². The highest BCUT2D eigenvalue weighted by atomic mass is 79.9. The molecule has 2 heteroatoms. The topological polar surface area (TPSA) is 0 Å². The second kappa shape index (κ2) is 10.7. The van der Waals surface area contributed by atoms with Gasteiger partial charge < -0.3 is 0 Å². The van der Waals surface area contributed by atoms with Crippen LogP contribution in [0.15, 0.2) is 115 Å². The molecule has 0 fully saturated rings. The summed E-state index contributed by atoms with van der Waals surface area (Å²) in [5, 5.41) is 4.42. The van der Waals surface area contributed by atoms with Gasteiger partial charge in [0.2, 0.25) is 0 Å². The fourth-order valence-corrected chi connectivity index (χ4v) is 8.62. The lowest BCUT2D eigenvalue weighted by Crippen LogP contribution is -2.33. The van der Waals surface area contributed by atoms with E-state index in [9.17, 15) is 0 Å². The molecule has 0 aliphatic carbocycles. The Morgan fingerprint density at radius 1 is 0.533 bits per heavy atom. The van der Waals surface area contributed by atoms with Crippen LogP contribution in [0.5, 0.6) is 0 Å². The summed E-state index contributed by atoms with van der Waals surface area (Å²) in [4.78, 5) is 0. The molecular weight excluding hydrogens is 447 g/mol. The monoisotopic (exact) mass is 475 g/mol. The largest absolute Gasteiger partial charge is 0.114 e. The van der Waals surface area contributed by atoms with Crippen molar-refractivity contribution in [2.24, 2.45) is 0 Å². The average Bonchev–Trinajstić information content (AvgIpc) is 2.80. The van der Waals surface area contributed by atoms with Crippen LogP contribution < -0.4 is 15.9 Å². The Morgan fingerprint density at radius 2 is 0.933 bits per heavy atom. The molecule has 0 saturated heterocycles. The van der Waals surface area contributed by atoms with Crippen molar-refractivity contribution in [3.63, 3.8) is 0 Å². The van der Waals surface area contributed by atoms with Gasteiger partial charge in [0.25, 0.3) is 0 Å². The smallest absolute Gasteiger partial charge is 0.112 e. The summed E-state index contributed by atoms with van der Waals surface area (Å²) in [7, 11) is -1.71. The summed E-state index contributed by atoms with van der Waals surface area (Å²) in [6, 6.07) is 42.3. The molecule has 0 aromatic heterocycles. The standard InChI is InChI=1S/C28H28P.BrH/c1-24-14-11-12-15-25(24)16-13-23-29(26-17-5-2-6-18-26,27-19-7-3-8-20-27)28-21-9-4-10-22-28;/h2-12,14-15,17-22H,13,16,23H2,1H3;1H/q+1;. The normalized spacial score (nSPS) is 11.0. The minimum atomic E-state index is -1.71. The van der Waals surface area contributed by atoms with Crippen LogP contribution in [0.25, 0.3) is 0 Å². The van der Waals surface area contributed by atoms with Crippen LogP contribution in [-0.4, -0.2) is 6.16 Å². The number of benzene rings is 4. The van der Waals surface area contributed by atoms with Crippen LogP contribution in [0.4, 0.5) is 0 Å². The summed E-state index contributed by atoms with van der Waals surface area (Å²) >= 11 is 0. The first-order valence-electron chi connectivity index (χ1n) is 10.4. The molecule has 152 valence electrons. The highest BCUT2D eigenvalue weighted by molar-refractivity contribution is 8.93. The molecule has 0 unspecified atom stereocenters. The zero-order valence-corrected chi connectivity index (χ0v) is 20.1. The molecule has 0 heterocycles. The fourth-order valence-electron chi connectivity index (χ4n) is 4.28. The molecule has 0 radical (unpaired) electrons. The SMILES string of the molecule is Br.Cc1ccccc1CCC[P+](c1ccccc1)(c1ccccc1)c1ccccc1. The molecule has 4 aromatic rings. The van der Waals surface area contributed by atoms with E-state index >= 15 is 0 Å². The Kier molecular flexibility index (Phi) is 8.02. The molecule has 0 N–H and O–H groups in total. The number of rotatable bonds is 7. The van der Waals surface area contributed by atoms with Crippen molar-refractivity contribution in [1.82, 2.24) is 0 Å². The van der Waals surface area contributed by atoms with Gasteiger partial charge in [-0.05, 0) is 67.3 Å². The van der Waals surface area contributed by atoms with E-state index in [0.717, 1.165) is 6.42 Å².